The zero-order valence-corrected chi connectivity index (χ0v) is 28.6. The van der Waals surface area contributed by atoms with Gasteiger partial charge in [0.05, 0.1) is 12.8 Å². The van der Waals surface area contributed by atoms with E-state index < -0.39 is 6.36 Å². The summed E-state index contributed by atoms with van der Waals surface area (Å²) in [5, 5.41) is 8.43. The predicted molar refractivity (Wildman–Crippen MR) is 186 cm³/mol. The van der Waals surface area contributed by atoms with E-state index in [-0.39, 0.29) is 35.7 Å². The SMILES string of the molecule is COc1ccc(N2/C(=N/C(=O)NC3CCCC3c3ccc(-c4ncn(-c5ccc(OC(F)(F)F)cc5)n4)cc3)SCCC2C)c(C(C)C)c1. The van der Waals surface area contributed by atoms with Gasteiger partial charge in [-0.25, -0.2) is 14.5 Å². The number of nitrogens with one attached hydrogen (secondary N) is 1. The predicted octanol–water partition coefficient (Wildman–Crippen LogP) is 8.70. The minimum absolute atomic E-state index is 0.0454. The Kier molecular flexibility index (Phi) is 10.2. The Labute approximate surface area is 287 Å². The van der Waals surface area contributed by atoms with Gasteiger partial charge in [-0.05, 0) is 85.7 Å². The molecule has 2 heterocycles. The fourth-order valence-corrected chi connectivity index (χ4v) is 7.69. The topological polar surface area (TPSA) is 93.9 Å². The summed E-state index contributed by atoms with van der Waals surface area (Å²) >= 11 is 1.61. The second kappa shape index (κ2) is 14.5. The normalized spacial score (nSPS) is 20.5. The smallest absolute Gasteiger partial charge is 0.497 e. The number of aromatic nitrogens is 3. The summed E-state index contributed by atoms with van der Waals surface area (Å²) in [6.07, 6.45) is 0.553. The number of hydrogen-bond donors (Lipinski definition) is 1. The molecule has 1 aliphatic carbocycles. The van der Waals surface area contributed by atoms with Crippen LogP contribution in [0.5, 0.6) is 11.5 Å². The molecule has 1 N–H and O–H groups in total. The van der Waals surface area contributed by atoms with Gasteiger partial charge in [-0.15, -0.1) is 18.3 Å². The highest BCUT2D eigenvalue weighted by Crippen LogP contribution is 2.38. The number of thioether (sulfide) groups is 1. The number of halogens is 3. The van der Waals surface area contributed by atoms with Gasteiger partial charge in [0.25, 0.3) is 0 Å². The van der Waals surface area contributed by atoms with Gasteiger partial charge in [-0.1, -0.05) is 56.3 Å². The van der Waals surface area contributed by atoms with Crippen LogP contribution in [-0.2, 0) is 0 Å². The standard InChI is InChI=1S/C36H39F3N6O3S/c1-22(2)30-20-28(47-4)16-17-32(30)45-23(3)18-19-49-35(45)42-34(46)41-31-7-5-6-29(31)24-8-10-25(11-9-24)33-40-21-44(43-33)26-12-14-27(15-13-26)48-36(37,38)39/h8-17,20-23,29,31H,5-7,18-19H2,1-4H3,(H,41,46)/b42-35-. The average Bonchev–Trinajstić information content (AvgIpc) is 3.75. The molecule has 9 nitrogen and oxygen atoms in total. The van der Waals surface area contributed by atoms with Gasteiger partial charge in [0.2, 0.25) is 0 Å². The largest absolute Gasteiger partial charge is 0.573 e. The van der Waals surface area contributed by atoms with Gasteiger partial charge in [-0.3, -0.25) is 0 Å². The van der Waals surface area contributed by atoms with E-state index in [1.807, 2.05) is 30.3 Å². The molecule has 1 aliphatic heterocycles. The molecule has 3 atom stereocenters. The third kappa shape index (κ3) is 8.04. The van der Waals surface area contributed by atoms with Crippen molar-refractivity contribution in [3.8, 4) is 28.6 Å². The molecule has 0 radical (unpaired) electrons. The van der Waals surface area contributed by atoms with Crippen LogP contribution < -0.4 is 19.7 Å². The van der Waals surface area contributed by atoms with Crippen LogP contribution in [0, 0.1) is 0 Å². The molecule has 258 valence electrons. The van der Waals surface area contributed by atoms with Crippen LogP contribution in [0.4, 0.5) is 23.7 Å². The van der Waals surface area contributed by atoms with E-state index in [9.17, 15) is 18.0 Å². The summed E-state index contributed by atoms with van der Waals surface area (Å²) in [5.41, 5.74) is 4.66. The Hall–Kier alpha value is -4.52. The molecule has 3 unspecified atom stereocenters. The Morgan fingerprint density at radius 2 is 1.76 bits per heavy atom. The van der Waals surface area contributed by atoms with Crippen molar-refractivity contribution in [3.63, 3.8) is 0 Å². The number of carbonyl (C=O) groups excluding carboxylic acids is 1. The van der Waals surface area contributed by atoms with Crippen molar-refractivity contribution in [2.45, 2.75) is 76.7 Å². The fraction of sp³-hybridized carbons (Fsp3) is 0.389. The lowest BCUT2D eigenvalue weighted by Crippen LogP contribution is -2.43. The highest BCUT2D eigenvalue weighted by molar-refractivity contribution is 8.14. The third-order valence-corrected chi connectivity index (χ3v) is 9.96. The molecule has 1 aromatic heterocycles. The third-order valence-electron chi connectivity index (χ3n) is 8.98. The summed E-state index contributed by atoms with van der Waals surface area (Å²) in [5.74, 6) is 2.28. The average molecular weight is 693 g/mol. The minimum atomic E-state index is -4.75. The molecular formula is C36H39F3N6O3S. The van der Waals surface area contributed by atoms with Crippen LogP contribution in [0.15, 0.2) is 78.0 Å². The molecular weight excluding hydrogens is 653 g/mol. The van der Waals surface area contributed by atoms with E-state index in [4.69, 9.17) is 4.74 Å². The zero-order valence-electron chi connectivity index (χ0n) is 27.8. The van der Waals surface area contributed by atoms with E-state index in [1.165, 1.54) is 35.3 Å². The number of hydrogen-bond acceptors (Lipinski definition) is 6. The molecule has 49 heavy (non-hydrogen) atoms. The second-order valence-corrected chi connectivity index (χ2v) is 13.7. The molecule has 3 aromatic carbocycles. The summed E-state index contributed by atoms with van der Waals surface area (Å²) in [4.78, 5) is 24.7. The number of amidine groups is 1. The molecule has 2 amide bonds. The van der Waals surface area contributed by atoms with Gasteiger partial charge in [-0.2, -0.15) is 4.99 Å². The monoisotopic (exact) mass is 692 g/mol. The van der Waals surface area contributed by atoms with E-state index >= 15 is 0 Å². The minimum Gasteiger partial charge on any atom is -0.497 e. The van der Waals surface area contributed by atoms with E-state index in [1.54, 1.807) is 18.9 Å². The summed E-state index contributed by atoms with van der Waals surface area (Å²) < 4.78 is 48.4. The first kappa shape index (κ1) is 34.3. The molecule has 0 spiro atoms. The number of benzene rings is 3. The highest BCUT2D eigenvalue weighted by Gasteiger charge is 2.33. The molecule has 6 rings (SSSR count). The molecule has 2 aliphatic rings. The molecule has 1 saturated heterocycles. The van der Waals surface area contributed by atoms with Crippen LogP contribution in [0.2, 0.25) is 0 Å². The van der Waals surface area contributed by atoms with Gasteiger partial charge >= 0.3 is 12.4 Å². The maximum atomic E-state index is 13.5. The summed E-state index contributed by atoms with van der Waals surface area (Å²) in [6, 6.07) is 19.3. The number of aliphatic imine (C=N–C) groups is 1. The lowest BCUT2D eigenvalue weighted by molar-refractivity contribution is -0.274. The maximum Gasteiger partial charge on any atom is 0.573 e. The number of rotatable bonds is 8. The van der Waals surface area contributed by atoms with Crippen LogP contribution in [0.25, 0.3) is 17.1 Å². The highest BCUT2D eigenvalue weighted by atomic mass is 32.2. The van der Waals surface area contributed by atoms with E-state index in [2.05, 4.69) is 62.9 Å². The van der Waals surface area contributed by atoms with Crippen LogP contribution in [-0.4, -0.2) is 57.3 Å². The maximum absolute atomic E-state index is 13.5. The Bertz CT molecular complexity index is 1790. The van der Waals surface area contributed by atoms with Gasteiger partial charge in [0.15, 0.2) is 11.0 Å². The number of ether oxygens (including phenoxy) is 2. The first-order valence-electron chi connectivity index (χ1n) is 16.4. The number of anilines is 1. The Morgan fingerprint density at radius 3 is 2.45 bits per heavy atom. The number of carbonyl (C=O) groups is 1. The van der Waals surface area contributed by atoms with Gasteiger partial charge in [0.1, 0.15) is 17.8 Å². The zero-order chi connectivity index (χ0) is 34.7. The molecule has 13 heteroatoms. The Morgan fingerprint density at radius 1 is 1.02 bits per heavy atom. The van der Waals surface area contributed by atoms with Crippen molar-refractivity contribution in [2.24, 2.45) is 4.99 Å². The van der Waals surface area contributed by atoms with Crippen molar-refractivity contribution in [1.29, 1.82) is 0 Å². The van der Waals surface area contributed by atoms with Crippen molar-refractivity contribution >= 4 is 28.6 Å². The van der Waals surface area contributed by atoms with Crippen molar-refractivity contribution < 1.29 is 27.4 Å². The van der Waals surface area contributed by atoms with Crippen LogP contribution in [0.1, 0.15) is 69.4 Å². The number of amides is 2. The number of nitrogens with zero attached hydrogens (tertiary/aromatic N) is 5. The van der Waals surface area contributed by atoms with E-state index in [0.29, 0.717) is 16.7 Å². The van der Waals surface area contributed by atoms with Crippen molar-refractivity contribution in [2.75, 3.05) is 17.8 Å². The second-order valence-electron chi connectivity index (χ2n) is 12.6. The first-order valence-corrected chi connectivity index (χ1v) is 17.3. The van der Waals surface area contributed by atoms with Crippen molar-refractivity contribution in [3.05, 3.63) is 84.2 Å². The quantitative estimate of drug-likeness (QED) is 0.198. The molecule has 4 aromatic rings. The van der Waals surface area contributed by atoms with E-state index in [0.717, 1.165) is 59.6 Å². The Balaban J connectivity index is 1.14. The van der Waals surface area contributed by atoms with Crippen molar-refractivity contribution in [1.82, 2.24) is 20.1 Å². The lowest BCUT2D eigenvalue weighted by atomic mass is 9.93. The number of urea groups is 1. The summed E-state index contributed by atoms with van der Waals surface area (Å²) in [7, 11) is 1.67. The van der Waals surface area contributed by atoms with Gasteiger partial charge < -0.3 is 19.7 Å². The lowest BCUT2D eigenvalue weighted by Gasteiger charge is -2.37. The van der Waals surface area contributed by atoms with Crippen LogP contribution in [0.3, 0.4) is 0 Å². The molecule has 0 bridgehead atoms. The fourth-order valence-electron chi connectivity index (χ4n) is 6.49. The summed E-state index contributed by atoms with van der Waals surface area (Å²) in [6.45, 7) is 6.48. The molecule has 2 fully saturated rings. The first-order chi connectivity index (χ1) is 23.5. The van der Waals surface area contributed by atoms with Gasteiger partial charge in [0, 0.05) is 35.0 Å². The number of alkyl halides is 3. The number of methoxy groups -OCH3 is 1. The van der Waals surface area contributed by atoms with Crippen LogP contribution >= 0.6 is 11.8 Å². The molecule has 1 saturated carbocycles.